The molecule has 1 aliphatic heterocycles. The fourth-order valence-corrected chi connectivity index (χ4v) is 2.10. The van der Waals surface area contributed by atoms with Gasteiger partial charge < -0.3 is 9.84 Å². The van der Waals surface area contributed by atoms with Crippen molar-refractivity contribution >= 4 is 0 Å². The van der Waals surface area contributed by atoms with Gasteiger partial charge in [0.2, 0.25) is 0 Å². The zero-order valence-corrected chi connectivity index (χ0v) is 9.20. The van der Waals surface area contributed by atoms with Crippen molar-refractivity contribution < 1.29 is 9.84 Å². The van der Waals surface area contributed by atoms with Crippen LogP contribution in [0.15, 0.2) is 18.2 Å². The minimum absolute atomic E-state index is 0.232. The minimum atomic E-state index is 0.232. The molecule has 82 valence electrons. The van der Waals surface area contributed by atoms with Crippen LogP contribution in [0.1, 0.15) is 36.8 Å². The van der Waals surface area contributed by atoms with E-state index in [1.165, 1.54) is 11.1 Å². The molecule has 1 aliphatic rings. The largest absolute Gasteiger partial charge is 0.493 e. The Bertz CT molecular complexity index is 329. The highest BCUT2D eigenvalue weighted by Gasteiger charge is 2.14. The molecule has 2 rings (SSSR count). The zero-order valence-electron chi connectivity index (χ0n) is 9.20. The Labute approximate surface area is 90.9 Å². The maximum Gasteiger partial charge on any atom is 0.122 e. The molecule has 15 heavy (non-hydrogen) atoms. The van der Waals surface area contributed by atoms with E-state index in [2.05, 4.69) is 19.1 Å². The summed E-state index contributed by atoms with van der Waals surface area (Å²) in [6, 6.07) is 6.32. The summed E-state index contributed by atoms with van der Waals surface area (Å²) in [5, 5.41) is 9.25. The summed E-state index contributed by atoms with van der Waals surface area (Å²) >= 11 is 0. The number of rotatable bonds is 3. The Balaban J connectivity index is 2.27. The maximum absolute atomic E-state index is 9.25. The lowest BCUT2D eigenvalue weighted by Gasteiger charge is -2.20. The minimum Gasteiger partial charge on any atom is -0.493 e. The van der Waals surface area contributed by atoms with E-state index < -0.39 is 0 Å². The lowest BCUT2D eigenvalue weighted by molar-refractivity contribution is 0.261. The van der Waals surface area contributed by atoms with Crippen LogP contribution >= 0.6 is 0 Å². The first-order chi connectivity index (χ1) is 7.35. The van der Waals surface area contributed by atoms with E-state index in [9.17, 15) is 5.11 Å². The van der Waals surface area contributed by atoms with Crippen LogP contribution in [0.3, 0.4) is 0 Å². The Kier molecular flexibility index (Phi) is 3.27. The van der Waals surface area contributed by atoms with E-state index in [1.54, 1.807) is 0 Å². The van der Waals surface area contributed by atoms with Crippen molar-refractivity contribution in [1.82, 2.24) is 0 Å². The van der Waals surface area contributed by atoms with Crippen LogP contribution in [0.2, 0.25) is 0 Å². The average molecular weight is 206 g/mol. The van der Waals surface area contributed by atoms with E-state index >= 15 is 0 Å². The molecule has 0 radical (unpaired) electrons. The number of aryl methyl sites for hydroxylation is 1. The number of fused-ring (bicyclic) bond motifs is 1. The Morgan fingerprint density at radius 2 is 2.33 bits per heavy atom. The van der Waals surface area contributed by atoms with Gasteiger partial charge in [-0.25, -0.2) is 0 Å². The van der Waals surface area contributed by atoms with E-state index in [4.69, 9.17) is 4.74 Å². The fourth-order valence-electron chi connectivity index (χ4n) is 2.10. The van der Waals surface area contributed by atoms with Crippen LogP contribution in [-0.2, 0) is 6.42 Å². The van der Waals surface area contributed by atoms with Crippen molar-refractivity contribution in [3.05, 3.63) is 29.3 Å². The van der Waals surface area contributed by atoms with Crippen molar-refractivity contribution in [3.8, 4) is 5.75 Å². The normalized spacial score (nSPS) is 16.7. The van der Waals surface area contributed by atoms with Gasteiger partial charge in [0.25, 0.3) is 0 Å². The first-order valence-electron chi connectivity index (χ1n) is 5.71. The molecule has 0 fully saturated rings. The third kappa shape index (κ3) is 2.15. The number of hydrogen-bond donors (Lipinski definition) is 1. The van der Waals surface area contributed by atoms with Crippen LogP contribution in [-0.4, -0.2) is 18.3 Å². The lowest BCUT2D eigenvalue weighted by atomic mass is 9.93. The molecule has 1 N–H and O–H groups in total. The zero-order chi connectivity index (χ0) is 10.7. The third-order valence-corrected chi connectivity index (χ3v) is 3.12. The van der Waals surface area contributed by atoms with Gasteiger partial charge in [-0.05, 0) is 36.5 Å². The van der Waals surface area contributed by atoms with Crippen LogP contribution in [0.4, 0.5) is 0 Å². The summed E-state index contributed by atoms with van der Waals surface area (Å²) in [6.45, 7) is 3.18. The predicted molar refractivity (Wildman–Crippen MR) is 60.4 cm³/mol. The molecule has 0 saturated carbocycles. The number of aliphatic hydroxyl groups is 1. The van der Waals surface area contributed by atoms with E-state index in [0.717, 1.165) is 31.6 Å². The van der Waals surface area contributed by atoms with Gasteiger partial charge in [0.05, 0.1) is 6.61 Å². The molecule has 0 saturated heterocycles. The summed E-state index contributed by atoms with van der Waals surface area (Å²) < 4.78 is 5.56. The van der Waals surface area contributed by atoms with Crippen LogP contribution in [0.25, 0.3) is 0 Å². The molecule has 0 aliphatic carbocycles. The van der Waals surface area contributed by atoms with Gasteiger partial charge in [-0.3, -0.25) is 0 Å². The quantitative estimate of drug-likeness (QED) is 0.823. The SMILES string of the molecule is CCC(CO)c1ccc2c(c1)CCCO2. The summed E-state index contributed by atoms with van der Waals surface area (Å²) in [6.07, 6.45) is 3.19. The molecule has 1 unspecified atom stereocenters. The molecule has 0 amide bonds. The topological polar surface area (TPSA) is 29.5 Å². The summed E-state index contributed by atoms with van der Waals surface area (Å²) in [4.78, 5) is 0. The summed E-state index contributed by atoms with van der Waals surface area (Å²) in [5.41, 5.74) is 2.54. The summed E-state index contributed by atoms with van der Waals surface area (Å²) in [5.74, 6) is 1.30. The van der Waals surface area contributed by atoms with Crippen molar-refractivity contribution in [2.75, 3.05) is 13.2 Å². The average Bonchev–Trinajstić information content (AvgIpc) is 2.30. The summed E-state index contributed by atoms with van der Waals surface area (Å²) in [7, 11) is 0. The second-order valence-electron chi connectivity index (χ2n) is 4.11. The fraction of sp³-hybridized carbons (Fsp3) is 0.538. The molecule has 1 heterocycles. The third-order valence-electron chi connectivity index (χ3n) is 3.12. The molecular weight excluding hydrogens is 188 g/mol. The monoisotopic (exact) mass is 206 g/mol. The number of ether oxygens (including phenoxy) is 1. The molecule has 1 aromatic rings. The van der Waals surface area contributed by atoms with Gasteiger partial charge in [0, 0.05) is 12.5 Å². The highest BCUT2D eigenvalue weighted by Crippen LogP contribution is 2.29. The second kappa shape index (κ2) is 4.67. The Morgan fingerprint density at radius 1 is 1.47 bits per heavy atom. The van der Waals surface area contributed by atoms with Crippen LogP contribution in [0.5, 0.6) is 5.75 Å². The number of hydrogen-bond acceptors (Lipinski definition) is 2. The molecular formula is C13H18O2. The highest BCUT2D eigenvalue weighted by atomic mass is 16.5. The van der Waals surface area contributed by atoms with Crippen molar-refractivity contribution in [3.63, 3.8) is 0 Å². The first kappa shape index (κ1) is 10.5. The van der Waals surface area contributed by atoms with Gasteiger partial charge in [0.15, 0.2) is 0 Å². The van der Waals surface area contributed by atoms with Crippen molar-refractivity contribution in [2.45, 2.75) is 32.1 Å². The predicted octanol–water partition coefficient (Wildman–Crippen LogP) is 2.50. The molecule has 0 spiro atoms. The Morgan fingerprint density at radius 3 is 3.07 bits per heavy atom. The molecule has 1 aromatic carbocycles. The van der Waals surface area contributed by atoms with E-state index in [1.807, 2.05) is 6.07 Å². The molecule has 1 atom stereocenters. The van der Waals surface area contributed by atoms with Gasteiger partial charge in [0.1, 0.15) is 5.75 Å². The van der Waals surface area contributed by atoms with E-state index in [0.29, 0.717) is 0 Å². The highest BCUT2D eigenvalue weighted by molar-refractivity contribution is 5.39. The standard InChI is InChI=1S/C13H18O2/c1-2-10(9-14)11-5-6-13-12(8-11)4-3-7-15-13/h5-6,8,10,14H,2-4,7,9H2,1H3. The maximum atomic E-state index is 9.25. The van der Waals surface area contributed by atoms with Crippen molar-refractivity contribution in [2.24, 2.45) is 0 Å². The first-order valence-corrected chi connectivity index (χ1v) is 5.71. The molecule has 2 heteroatoms. The number of benzene rings is 1. The number of aliphatic hydroxyl groups excluding tert-OH is 1. The van der Waals surface area contributed by atoms with Gasteiger partial charge in [-0.2, -0.15) is 0 Å². The van der Waals surface area contributed by atoms with Gasteiger partial charge in [-0.1, -0.05) is 19.1 Å². The lowest BCUT2D eigenvalue weighted by Crippen LogP contribution is -2.10. The van der Waals surface area contributed by atoms with Gasteiger partial charge >= 0.3 is 0 Å². The van der Waals surface area contributed by atoms with Gasteiger partial charge in [-0.15, -0.1) is 0 Å². The van der Waals surface area contributed by atoms with E-state index in [-0.39, 0.29) is 12.5 Å². The van der Waals surface area contributed by atoms with Crippen LogP contribution < -0.4 is 4.74 Å². The van der Waals surface area contributed by atoms with Crippen molar-refractivity contribution in [1.29, 1.82) is 0 Å². The molecule has 0 aromatic heterocycles. The Hall–Kier alpha value is -1.02. The smallest absolute Gasteiger partial charge is 0.122 e. The second-order valence-corrected chi connectivity index (χ2v) is 4.11. The van der Waals surface area contributed by atoms with Crippen LogP contribution in [0, 0.1) is 0 Å². The molecule has 2 nitrogen and oxygen atoms in total. The molecule has 0 bridgehead atoms.